The molecule has 0 spiro atoms. The average molecular weight is 266 g/mol. The molecule has 0 saturated heterocycles. The SMILES string of the molecule is COC(=O)c1ccc(-c2ncc(C)n3cccc23)cc1. The Balaban J connectivity index is 2.09. The van der Waals surface area contributed by atoms with Crippen LogP contribution in [-0.4, -0.2) is 22.5 Å². The molecule has 4 nitrogen and oxygen atoms in total. The van der Waals surface area contributed by atoms with Crippen LogP contribution in [0.3, 0.4) is 0 Å². The second-order valence-electron chi connectivity index (χ2n) is 4.58. The molecule has 0 atom stereocenters. The number of methoxy groups -OCH3 is 1. The Hall–Kier alpha value is -2.62. The molecular formula is C16H14N2O2. The van der Waals surface area contributed by atoms with Crippen molar-refractivity contribution in [3.8, 4) is 11.3 Å². The molecular weight excluding hydrogens is 252 g/mol. The first-order valence-corrected chi connectivity index (χ1v) is 6.32. The fourth-order valence-corrected chi connectivity index (χ4v) is 2.27. The quantitative estimate of drug-likeness (QED) is 0.669. The van der Waals surface area contributed by atoms with E-state index >= 15 is 0 Å². The summed E-state index contributed by atoms with van der Waals surface area (Å²) in [6.07, 6.45) is 3.86. The van der Waals surface area contributed by atoms with E-state index in [9.17, 15) is 4.79 Å². The van der Waals surface area contributed by atoms with E-state index in [-0.39, 0.29) is 5.97 Å². The van der Waals surface area contributed by atoms with Gasteiger partial charge in [-0.3, -0.25) is 4.98 Å². The van der Waals surface area contributed by atoms with Crippen LogP contribution in [0.1, 0.15) is 16.1 Å². The van der Waals surface area contributed by atoms with Crippen molar-refractivity contribution in [2.24, 2.45) is 0 Å². The van der Waals surface area contributed by atoms with Gasteiger partial charge in [0.15, 0.2) is 0 Å². The van der Waals surface area contributed by atoms with Crippen LogP contribution in [0.5, 0.6) is 0 Å². The third-order valence-electron chi connectivity index (χ3n) is 3.33. The van der Waals surface area contributed by atoms with E-state index in [2.05, 4.69) is 9.38 Å². The Bertz CT molecular complexity index is 773. The van der Waals surface area contributed by atoms with Crippen LogP contribution in [0.15, 0.2) is 48.8 Å². The van der Waals surface area contributed by atoms with Crippen molar-refractivity contribution in [1.82, 2.24) is 9.38 Å². The van der Waals surface area contributed by atoms with Crippen LogP contribution >= 0.6 is 0 Å². The minimum Gasteiger partial charge on any atom is -0.465 e. The van der Waals surface area contributed by atoms with Gasteiger partial charge in [-0.1, -0.05) is 12.1 Å². The molecule has 3 aromatic rings. The molecule has 0 N–H and O–H groups in total. The first-order valence-electron chi connectivity index (χ1n) is 6.32. The number of carbonyl (C=O) groups is 1. The summed E-state index contributed by atoms with van der Waals surface area (Å²) >= 11 is 0. The highest BCUT2D eigenvalue weighted by Gasteiger charge is 2.09. The average Bonchev–Trinajstić information content (AvgIpc) is 2.97. The standard InChI is InChI=1S/C16H14N2O2/c1-11-10-17-15(14-4-3-9-18(11)14)12-5-7-13(8-6-12)16(19)20-2/h3-10H,1-2H3. The van der Waals surface area contributed by atoms with Gasteiger partial charge in [-0.2, -0.15) is 0 Å². The first kappa shape index (κ1) is 12.4. The van der Waals surface area contributed by atoms with Gasteiger partial charge in [0, 0.05) is 23.7 Å². The topological polar surface area (TPSA) is 43.6 Å². The van der Waals surface area contributed by atoms with Gasteiger partial charge in [0.2, 0.25) is 0 Å². The van der Waals surface area contributed by atoms with Crippen LogP contribution < -0.4 is 0 Å². The summed E-state index contributed by atoms with van der Waals surface area (Å²) in [7, 11) is 1.38. The van der Waals surface area contributed by atoms with Crippen molar-refractivity contribution < 1.29 is 9.53 Å². The van der Waals surface area contributed by atoms with E-state index in [1.54, 1.807) is 12.1 Å². The van der Waals surface area contributed by atoms with Crippen LogP contribution in [0, 0.1) is 6.92 Å². The molecule has 0 bridgehead atoms. The smallest absolute Gasteiger partial charge is 0.337 e. The van der Waals surface area contributed by atoms with Crippen LogP contribution in [0.2, 0.25) is 0 Å². The third kappa shape index (κ3) is 1.95. The zero-order chi connectivity index (χ0) is 14.1. The molecule has 0 unspecified atom stereocenters. The molecule has 0 amide bonds. The number of benzene rings is 1. The summed E-state index contributed by atoms with van der Waals surface area (Å²) < 4.78 is 6.79. The predicted octanol–water partition coefficient (Wildman–Crippen LogP) is 3.10. The van der Waals surface area contributed by atoms with Gasteiger partial charge in [0.1, 0.15) is 0 Å². The number of carbonyl (C=O) groups excluding carboxylic acids is 1. The van der Waals surface area contributed by atoms with Crippen molar-refractivity contribution in [3.63, 3.8) is 0 Å². The minimum absolute atomic E-state index is 0.332. The number of rotatable bonds is 2. The lowest BCUT2D eigenvalue weighted by Crippen LogP contribution is -2.00. The van der Waals surface area contributed by atoms with Gasteiger partial charge in [0.05, 0.1) is 23.9 Å². The third-order valence-corrected chi connectivity index (χ3v) is 3.33. The van der Waals surface area contributed by atoms with Gasteiger partial charge in [-0.25, -0.2) is 4.79 Å². The number of aromatic nitrogens is 2. The summed E-state index contributed by atoms with van der Waals surface area (Å²) in [5, 5.41) is 0. The zero-order valence-electron chi connectivity index (χ0n) is 11.3. The van der Waals surface area contributed by atoms with Crippen molar-refractivity contribution >= 4 is 11.5 Å². The number of nitrogens with zero attached hydrogens (tertiary/aromatic N) is 2. The summed E-state index contributed by atoms with van der Waals surface area (Å²) in [4.78, 5) is 15.9. The first-order chi connectivity index (χ1) is 9.70. The molecule has 0 aliphatic heterocycles. The second kappa shape index (κ2) is 4.81. The molecule has 0 radical (unpaired) electrons. The maximum Gasteiger partial charge on any atom is 0.337 e. The molecule has 2 aromatic heterocycles. The number of hydrogen-bond acceptors (Lipinski definition) is 3. The fourth-order valence-electron chi connectivity index (χ4n) is 2.27. The highest BCUT2D eigenvalue weighted by molar-refractivity contribution is 5.90. The van der Waals surface area contributed by atoms with Gasteiger partial charge in [0.25, 0.3) is 0 Å². The van der Waals surface area contributed by atoms with E-state index in [1.165, 1.54) is 7.11 Å². The Morgan fingerprint density at radius 3 is 2.65 bits per heavy atom. The van der Waals surface area contributed by atoms with Crippen molar-refractivity contribution in [2.45, 2.75) is 6.92 Å². The van der Waals surface area contributed by atoms with Gasteiger partial charge in [-0.05, 0) is 31.2 Å². The molecule has 0 aliphatic rings. The molecule has 20 heavy (non-hydrogen) atoms. The number of ether oxygens (including phenoxy) is 1. The molecule has 0 aliphatic carbocycles. The van der Waals surface area contributed by atoms with Crippen molar-refractivity contribution in [3.05, 3.63) is 60.0 Å². The maximum absolute atomic E-state index is 11.4. The molecule has 0 fully saturated rings. The summed E-state index contributed by atoms with van der Waals surface area (Å²) in [5.41, 5.74) is 4.55. The second-order valence-corrected chi connectivity index (χ2v) is 4.58. The van der Waals surface area contributed by atoms with E-state index < -0.39 is 0 Å². The predicted molar refractivity (Wildman–Crippen MR) is 76.7 cm³/mol. The summed E-state index contributed by atoms with van der Waals surface area (Å²) in [5.74, 6) is -0.332. The van der Waals surface area contributed by atoms with Gasteiger partial charge in [-0.15, -0.1) is 0 Å². The lowest BCUT2D eigenvalue weighted by atomic mass is 10.1. The normalized spacial score (nSPS) is 10.7. The number of fused-ring (bicyclic) bond motifs is 1. The lowest BCUT2D eigenvalue weighted by Gasteiger charge is -2.07. The highest BCUT2D eigenvalue weighted by atomic mass is 16.5. The van der Waals surface area contributed by atoms with Crippen molar-refractivity contribution in [1.29, 1.82) is 0 Å². The van der Waals surface area contributed by atoms with Gasteiger partial charge < -0.3 is 9.14 Å². The van der Waals surface area contributed by atoms with Crippen LogP contribution in [0.25, 0.3) is 16.8 Å². The Morgan fingerprint density at radius 2 is 1.95 bits per heavy atom. The van der Waals surface area contributed by atoms with E-state index in [4.69, 9.17) is 4.74 Å². The lowest BCUT2D eigenvalue weighted by molar-refractivity contribution is 0.0601. The molecule has 3 rings (SSSR count). The molecule has 0 saturated carbocycles. The molecule has 100 valence electrons. The monoisotopic (exact) mass is 266 g/mol. The van der Waals surface area contributed by atoms with Crippen molar-refractivity contribution in [2.75, 3.05) is 7.11 Å². The largest absolute Gasteiger partial charge is 0.465 e. The van der Waals surface area contributed by atoms with E-state index in [1.807, 2.05) is 43.6 Å². The fraction of sp³-hybridized carbons (Fsp3) is 0.125. The Morgan fingerprint density at radius 1 is 1.20 bits per heavy atom. The van der Waals surface area contributed by atoms with E-state index in [0.29, 0.717) is 5.56 Å². The Kier molecular flexibility index (Phi) is 2.99. The minimum atomic E-state index is -0.332. The van der Waals surface area contributed by atoms with Crippen LogP contribution in [0.4, 0.5) is 0 Å². The summed E-state index contributed by atoms with van der Waals surface area (Å²) in [6, 6.07) is 11.3. The molecule has 1 aromatic carbocycles. The molecule has 2 heterocycles. The summed E-state index contributed by atoms with van der Waals surface area (Å²) in [6.45, 7) is 2.02. The molecule has 4 heteroatoms. The Labute approximate surface area is 116 Å². The zero-order valence-corrected chi connectivity index (χ0v) is 11.3. The highest BCUT2D eigenvalue weighted by Crippen LogP contribution is 2.24. The van der Waals surface area contributed by atoms with E-state index in [0.717, 1.165) is 22.5 Å². The number of hydrogen-bond donors (Lipinski definition) is 0. The number of aryl methyl sites for hydroxylation is 1. The van der Waals surface area contributed by atoms with Gasteiger partial charge >= 0.3 is 5.97 Å². The maximum atomic E-state index is 11.4. The number of esters is 1. The van der Waals surface area contributed by atoms with Crippen LogP contribution in [-0.2, 0) is 4.74 Å².